The van der Waals surface area contributed by atoms with Gasteiger partial charge < -0.3 is 10.1 Å². The first-order chi connectivity index (χ1) is 14.3. The highest BCUT2D eigenvalue weighted by molar-refractivity contribution is 9.10. The van der Waals surface area contributed by atoms with Crippen LogP contribution in [-0.2, 0) is 16.0 Å². The lowest BCUT2D eigenvalue weighted by atomic mass is 10.1. The van der Waals surface area contributed by atoms with Gasteiger partial charge in [0.25, 0.3) is 5.91 Å². The van der Waals surface area contributed by atoms with Crippen LogP contribution in [0.3, 0.4) is 0 Å². The van der Waals surface area contributed by atoms with Gasteiger partial charge >= 0.3 is 5.97 Å². The molecule has 156 valence electrons. The summed E-state index contributed by atoms with van der Waals surface area (Å²) in [4.78, 5) is 23.9. The fourth-order valence-electron chi connectivity index (χ4n) is 3.16. The Hall–Kier alpha value is -3.00. The lowest BCUT2D eigenvalue weighted by Crippen LogP contribution is -2.13. The van der Waals surface area contributed by atoms with Crippen LogP contribution in [-0.4, -0.2) is 28.8 Å². The van der Waals surface area contributed by atoms with Crippen molar-refractivity contribution in [3.8, 4) is 5.69 Å². The molecule has 0 unspecified atom stereocenters. The second kappa shape index (κ2) is 9.21. The Morgan fingerprint density at radius 3 is 2.50 bits per heavy atom. The molecule has 0 bridgehead atoms. The van der Waals surface area contributed by atoms with E-state index in [0.717, 1.165) is 22.6 Å². The monoisotopic (exact) mass is 473 g/mol. The number of benzene rings is 2. The maximum atomic E-state index is 13.9. The molecule has 6 nitrogen and oxygen atoms in total. The number of ether oxygens (including phenoxy) is 1. The number of rotatable bonds is 6. The topological polar surface area (TPSA) is 73.2 Å². The first-order valence-corrected chi connectivity index (χ1v) is 10.1. The maximum absolute atomic E-state index is 13.9. The molecule has 0 aliphatic carbocycles. The number of anilines is 1. The zero-order chi connectivity index (χ0) is 21.8. The third-order valence-corrected chi connectivity index (χ3v) is 5.29. The Balaban J connectivity index is 1.77. The number of halogens is 2. The van der Waals surface area contributed by atoms with Gasteiger partial charge in [-0.2, -0.15) is 5.10 Å². The van der Waals surface area contributed by atoms with E-state index in [1.54, 1.807) is 35.0 Å². The molecule has 0 atom stereocenters. The lowest BCUT2D eigenvalue weighted by Gasteiger charge is -2.09. The molecule has 0 fully saturated rings. The van der Waals surface area contributed by atoms with Crippen molar-refractivity contribution in [1.29, 1.82) is 0 Å². The van der Waals surface area contributed by atoms with Gasteiger partial charge in [0.15, 0.2) is 0 Å². The van der Waals surface area contributed by atoms with Crippen LogP contribution >= 0.6 is 15.9 Å². The first kappa shape index (κ1) is 21.7. The number of nitrogens with zero attached hydrogens (tertiary/aromatic N) is 2. The number of nitrogens with one attached hydrogen (secondary N) is 1. The van der Waals surface area contributed by atoms with E-state index >= 15 is 0 Å². The van der Waals surface area contributed by atoms with E-state index in [9.17, 15) is 14.0 Å². The van der Waals surface area contributed by atoms with Crippen molar-refractivity contribution in [2.24, 2.45) is 0 Å². The van der Waals surface area contributed by atoms with Gasteiger partial charge in [0.05, 0.1) is 24.2 Å². The summed E-state index contributed by atoms with van der Waals surface area (Å²) in [6.07, 6.45) is 0.833. The van der Waals surface area contributed by atoms with E-state index in [0.29, 0.717) is 16.5 Å². The summed E-state index contributed by atoms with van der Waals surface area (Å²) in [5.41, 5.74) is 4.04. The number of hydrogen-bond acceptors (Lipinski definition) is 4. The molecule has 0 aliphatic rings. The Kier molecular flexibility index (Phi) is 6.66. The van der Waals surface area contributed by atoms with Gasteiger partial charge in [-0.3, -0.25) is 9.59 Å². The predicted octanol–water partition coefficient (Wildman–Crippen LogP) is 4.75. The molecule has 1 aromatic heterocycles. The maximum Gasteiger partial charge on any atom is 0.305 e. The number of aryl methyl sites for hydroxylation is 1. The van der Waals surface area contributed by atoms with Crippen LogP contribution in [0, 0.1) is 19.7 Å². The minimum Gasteiger partial charge on any atom is -0.469 e. The molecule has 2 aromatic carbocycles. The number of aromatic nitrogens is 2. The standard InChI is InChI=1S/C22H21BrFN3O3/c1-13-18(9-11-21(28)30-3)14(2)27(26-13)17-7-4-15(5-8-17)22(29)25-20-10-6-16(23)12-19(20)24/h4-8,10,12H,9,11H2,1-3H3,(H,25,29). The number of esters is 1. The van der Waals surface area contributed by atoms with Crippen molar-refractivity contribution in [3.63, 3.8) is 0 Å². The molecule has 1 N–H and O–H groups in total. The average molecular weight is 474 g/mol. The summed E-state index contributed by atoms with van der Waals surface area (Å²) in [5.74, 6) is -1.19. The predicted molar refractivity (Wildman–Crippen MR) is 115 cm³/mol. The Labute approximate surface area is 182 Å². The van der Waals surface area contributed by atoms with Crippen LogP contribution in [0.2, 0.25) is 0 Å². The van der Waals surface area contributed by atoms with Crippen molar-refractivity contribution < 1.29 is 18.7 Å². The Morgan fingerprint density at radius 2 is 1.87 bits per heavy atom. The fraction of sp³-hybridized carbons (Fsp3) is 0.227. The number of hydrogen-bond donors (Lipinski definition) is 1. The number of methoxy groups -OCH3 is 1. The van der Waals surface area contributed by atoms with E-state index in [-0.39, 0.29) is 18.1 Å². The second-order valence-electron chi connectivity index (χ2n) is 6.76. The average Bonchev–Trinajstić information content (AvgIpc) is 3.01. The van der Waals surface area contributed by atoms with Crippen molar-refractivity contribution in [2.45, 2.75) is 26.7 Å². The van der Waals surface area contributed by atoms with Crippen molar-refractivity contribution in [3.05, 3.63) is 75.3 Å². The normalized spacial score (nSPS) is 10.7. The van der Waals surface area contributed by atoms with Gasteiger partial charge in [-0.05, 0) is 68.3 Å². The fourth-order valence-corrected chi connectivity index (χ4v) is 3.49. The van der Waals surface area contributed by atoms with Crippen LogP contribution in [0.4, 0.5) is 10.1 Å². The molecular formula is C22H21BrFN3O3. The van der Waals surface area contributed by atoms with Crippen molar-refractivity contribution in [2.75, 3.05) is 12.4 Å². The van der Waals surface area contributed by atoms with Gasteiger partial charge in [0, 0.05) is 22.2 Å². The lowest BCUT2D eigenvalue weighted by molar-refractivity contribution is -0.140. The van der Waals surface area contributed by atoms with Gasteiger partial charge in [-0.15, -0.1) is 0 Å². The van der Waals surface area contributed by atoms with Crippen LogP contribution < -0.4 is 5.32 Å². The van der Waals surface area contributed by atoms with Gasteiger partial charge in [-0.1, -0.05) is 15.9 Å². The zero-order valence-corrected chi connectivity index (χ0v) is 18.4. The Morgan fingerprint density at radius 1 is 1.17 bits per heavy atom. The summed E-state index contributed by atoms with van der Waals surface area (Å²) in [6.45, 7) is 3.83. The first-order valence-electron chi connectivity index (χ1n) is 9.29. The van der Waals surface area contributed by atoms with Crippen LogP contribution in [0.25, 0.3) is 5.69 Å². The molecule has 0 spiro atoms. The highest BCUT2D eigenvalue weighted by Gasteiger charge is 2.15. The van der Waals surface area contributed by atoms with Crippen molar-refractivity contribution >= 4 is 33.5 Å². The zero-order valence-electron chi connectivity index (χ0n) is 16.8. The second-order valence-corrected chi connectivity index (χ2v) is 7.68. The molecule has 0 saturated carbocycles. The molecular weight excluding hydrogens is 453 g/mol. The number of carbonyl (C=O) groups is 2. The smallest absolute Gasteiger partial charge is 0.305 e. The SMILES string of the molecule is COC(=O)CCc1c(C)nn(-c2ccc(C(=O)Nc3ccc(Br)cc3F)cc2)c1C. The summed E-state index contributed by atoms with van der Waals surface area (Å²) >= 11 is 3.19. The molecule has 0 saturated heterocycles. The van der Waals surface area contributed by atoms with Crippen LogP contribution in [0.1, 0.15) is 33.7 Å². The molecule has 30 heavy (non-hydrogen) atoms. The van der Waals surface area contributed by atoms with Crippen LogP contribution in [0.15, 0.2) is 46.9 Å². The van der Waals surface area contributed by atoms with E-state index in [1.165, 1.54) is 19.2 Å². The molecule has 3 rings (SSSR count). The molecule has 8 heteroatoms. The van der Waals surface area contributed by atoms with E-state index < -0.39 is 11.7 Å². The largest absolute Gasteiger partial charge is 0.469 e. The molecule has 3 aromatic rings. The quantitative estimate of drug-likeness (QED) is 0.524. The minimum atomic E-state index is -0.517. The summed E-state index contributed by atoms with van der Waals surface area (Å²) < 4.78 is 21.0. The van der Waals surface area contributed by atoms with E-state index in [1.807, 2.05) is 13.8 Å². The molecule has 1 amide bonds. The summed E-state index contributed by atoms with van der Waals surface area (Å²) in [5, 5.41) is 7.13. The summed E-state index contributed by atoms with van der Waals surface area (Å²) in [6, 6.07) is 11.3. The highest BCUT2D eigenvalue weighted by atomic mass is 79.9. The van der Waals surface area contributed by atoms with Gasteiger partial charge in [0.1, 0.15) is 5.82 Å². The molecule has 0 aliphatic heterocycles. The Bertz CT molecular complexity index is 1090. The number of amides is 1. The summed E-state index contributed by atoms with van der Waals surface area (Å²) in [7, 11) is 1.37. The van der Waals surface area contributed by atoms with Crippen molar-refractivity contribution in [1.82, 2.24) is 9.78 Å². The molecule has 0 radical (unpaired) electrons. The minimum absolute atomic E-state index is 0.112. The highest BCUT2D eigenvalue weighted by Crippen LogP contribution is 2.22. The van der Waals surface area contributed by atoms with Gasteiger partial charge in [-0.25, -0.2) is 9.07 Å². The van der Waals surface area contributed by atoms with Gasteiger partial charge in [0.2, 0.25) is 0 Å². The third-order valence-electron chi connectivity index (χ3n) is 4.80. The van der Waals surface area contributed by atoms with E-state index in [4.69, 9.17) is 4.74 Å². The van der Waals surface area contributed by atoms with Crippen LogP contribution in [0.5, 0.6) is 0 Å². The molecule has 1 heterocycles. The third kappa shape index (κ3) is 4.76. The van der Waals surface area contributed by atoms with E-state index in [2.05, 4.69) is 26.3 Å². The number of carbonyl (C=O) groups excluding carboxylic acids is 2.